The van der Waals surface area contributed by atoms with Crippen molar-refractivity contribution in [2.75, 3.05) is 26.0 Å². The van der Waals surface area contributed by atoms with E-state index in [2.05, 4.69) is 37.2 Å². The highest BCUT2D eigenvalue weighted by Crippen LogP contribution is 2.35. The maximum Gasteiger partial charge on any atom is 0.271 e. The molecule has 0 aliphatic rings. The lowest BCUT2D eigenvalue weighted by molar-refractivity contribution is -0.385. The van der Waals surface area contributed by atoms with Crippen molar-refractivity contribution in [3.05, 3.63) is 31.2 Å². The molecule has 0 fully saturated rings. The largest absolute Gasteiger partial charge is 0.323 e. The summed E-state index contributed by atoms with van der Waals surface area (Å²) in [5.41, 5.74) is 0.423. The van der Waals surface area contributed by atoms with Gasteiger partial charge in [-0.3, -0.25) is 14.9 Å². The summed E-state index contributed by atoms with van der Waals surface area (Å²) in [5.74, 6) is -0.199. The second kappa shape index (κ2) is 6.26. The fraction of sp³-hybridized carbons (Fsp3) is 0.300. The molecule has 0 radical (unpaired) electrons. The molecule has 0 spiro atoms. The average molecular weight is 381 g/mol. The van der Waals surface area contributed by atoms with E-state index in [4.69, 9.17) is 0 Å². The molecule has 0 saturated carbocycles. The monoisotopic (exact) mass is 379 g/mol. The van der Waals surface area contributed by atoms with Crippen molar-refractivity contribution in [1.82, 2.24) is 4.90 Å². The zero-order chi connectivity index (χ0) is 13.9. The molecule has 0 aromatic heterocycles. The highest BCUT2D eigenvalue weighted by atomic mass is 79.9. The minimum absolute atomic E-state index is 0.0561. The van der Waals surface area contributed by atoms with Gasteiger partial charge >= 0.3 is 0 Å². The van der Waals surface area contributed by atoms with Crippen LogP contribution in [0.25, 0.3) is 0 Å². The minimum atomic E-state index is -0.499. The molecule has 0 aliphatic carbocycles. The Morgan fingerprint density at radius 2 is 1.89 bits per heavy atom. The molecule has 1 N–H and O–H groups in total. The van der Waals surface area contributed by atoms with Crippen molar-refractivity contribution in [2.45, 2.75) is 0 Å². The number of carbonyl (C=O) groups excluding carboxylic acids is 1. The Hall–Kier alpha value is -0.990. The summed E-state index contributed by atoms with van der Waals surface area (Å²) in [5, 5.41) is 13.3. The van der Waals surface area contributed by atoms with Crippen molar-refractivity contribution in [1.29, 1.82) is 0 Å². The number of benzene rings is 1. The molecule has 1 aromatic carbocycles. The molecular weight excluding hydrogens is 370 g/mol. The van der Waals surface area contributed by atoms with Gasteiger partial charge < -0.3 is 10.2 Å². The molecule has 0 unspecified atom stereocenters. The number of hydrogen-bond acceptors (Lipinski definition) is 4. The summed E-state index contributed by atoms with van der Waals surface area (Å²) in [7, 11) is 3.55. The Kier molecular flexibility index (Phi) is 5.24. The summed E-state index contributed by atoms with van der Waals surface area (Å²) in [6, 6.07) is 2.69. The summed E-state index contributed by atoms with van der Waals surface area (Å²) in [4.78, 5) is 23.5. The van der Waals surface area contributed by atoms with Gasteiger partial charge in [0.1, 0.15) is 0 Å². The van der Waals surface area contributed by atoms with Gasteiger partial charge in [0, 0.05) is 21.1 Å². The van der Waals surface area contributed by atoms with Crippen LogP contribution in [0, 0.1) is 10.1 Å². The zero-order valence-corrected chi connectivity index (χ0v) is 12.9. The molecule has 0 aliphatic heterocycles. The fourth-order valence-corrected chi connectivity index (χ4v) is 2.61. The Labute approximate surface area is 121 Å². The predicted molar refractivity (Wildman–Crippen MR) is 75.7 cm³/mol. The minimum Gasteiger partial charge on any atom is -0.323 e. The molecule has 6 nitrogen and oxygen atoms in total. The second-order valence-corrected chi connectivity index (χ2v) is 5.54. The van der Waals surface area contributed by atoms with Gasteiger partial charge in [0.25, 0.3) is 5.69 Å². The van der Waals surface area contributed by atoms with E-state index < -0.39 is 4.92 Å². The van der Waals surface area contributed by atoms with Crippen LogP contribution < -0.4 is 5.32 Å². The van der Waals surface area contributed by atoms with Crippen LogP contribution in [0.1, 0.15) is 0 Å². The van der Waals surface area contributed by atoms with Gasteiger partial charge in [0.2, 0.25) is 5.91 Å². The van der Waals surface area contributed by atoms with Crippen molar-refractivity contribution in [3.8, 4) is 0 Å². The van der Waals surface area contributed by atoms with Gasteiger partial charge in [-0.2, -0.15) is 0 Å². The van der Waals surface area contributed by atoms with Crippen molar-refractivity contribution < 1.29 is 9.72 Å². The SMILES string of the molecule is CN(C)CC(=O)Nc1c(Br)cc([N+](=O)[O-])cc1Br. The summed E-state index contributed by atoms with van der Waals surface area (Å²) in [6.07, 6.45) is 0. The zero-order valence-electron chi connectivity index (χ0n) is 9.74. The Balaban J connectivity index is 2.97. The van der Waals surface area contributed by atoms with Crippen molar-refractivity contribution >= 4 is 49.1 Å². The molecule has 1 amide bonds. The number of anilines is 1. The van der Waals surface area contributed by atoms with E-state index in [0.29, 0.717) is 14.6 Å². The van der Waals surface area contributed by atoms with Crippen LogP contribution in [0.2, 0.25) is 0 Å². The Bertz CT molecular complexity index is 468. The molecule has 1 aromatic rings. The van der Waals surface area contributed by atoms with Gasteiger partial charge in [0.05, 0.1) is 17.2 Å². The first kappa shape index (κ1) is 15.1. The van der Waals surface area contributed by atoms with Gasteiger partial charge in [-0.15, -0.1) is 0 Å². The van der Waals surface area contributed by atoms with Crippen molar-refractivity contribution in [2.24, 2.45) is 0 Å². The number of nitrogens with zero attached hydrogens (tertiary/aromatic N) is 2. The molecule has 18 heavy (non-hydrogen) atoms. The lowest BCUT2D eigenvalue weighted by Gasteiger charge is -2.12. The van der Waals surface area contributed by atoms with Crippen LogP contribution in [-0.4, -0.2) is 36.4 Å². The third-order valence-corrected chi connectivity index (χ3v) is 3.21. The van der Waals surface area contributed by atoms with E-state index in [9.17, 15) is 14.9 Å². The lowest BCUT2D eigenvalue weighted by Crippen LogP contribution is -2.27. The highest BCUT2D eigenvalue weighted by Gasteiger charge is 2.15. The van der Waals surface area contributed by atoms with E-state index in [1.165, 1.54) is 12.1 Å². The van der Waals surface area contributed by atoms with Gasteiger partial charge in [-0.25, -0.2) is 0 Å². The topological polar surface area (TPSA) is 75.5 Å². The van der Waals surface area contributed by atoms with E-state index in [0.717, 1.165) is 0 Å². The smallest absolute Gasteiger partial charge is 0.271 e. The lowest BCUT2D eigenvalue weighted by atomic mass is 10.3. The van der Waals surface area contributed by atoms with Crippen LogP contribution >= 0.6 is 31.9 Å². The first-order valence-corrected chi connectivity index (χ1v) is 6.48. The molecule has 1 rings (SSSR count). The first-order chi connectivity index (χ1) is 8.31. The Morgan fingerprint density at radius 3 is 2.28 bits per heavy atom. The second-order valence-electron chi connectivity index (χ2n) is 3.83. The molecule has 0 saturated heterocycles. The normalized spacial score (nSPS) is 10.5. The number of likely N-dealkylation sites (N-methyl/N-ethyl adjacent to an activating group) is 1. The molecule has 8 heteroatoms. The molecule has 0 atom stereocenters. The van der Waals surface area contributed by atoms with Gasteiger partial charge in [-0.05, 0) is 46.0 Å². The quantitative estimate of drug-likeness (QED) is 0.643. The summed E-state index contributed by atoms with van der Waals surface area (Å²) >= 11 is 6.40. The van der Waals surface area contributed by atoms with Gasteiger partial charge in [-0.1, -0.05) is 0 Å². The number of amides is 1. The number of halogens is 2. The van der Waals surface area contributed by atoms with Crippen LogP contribution in [0.3, 0.4) is 0 Å². The molecule has 0 bridgehead atoms. The number of hydrogen-bond donors (Lipinski definition) is 1. The van der Waals surface area contributed by atoms with Crippen LogP contribution in [0.15, 0.2) is 21.1 Å². The number of rotatable bonds is 4. The third-order valence-electron chi connectivity index (χ3n) is 1.96. The number of nitro benzene ring substituents is 1. The third kappa shape index (κ3) is 4.04. The van der Waals surface area contributed by atoms with Crippen molar-refractivity contribution in [3.63, 3.8) is 0 Å². The number of non-ortho nitro benzene ring substituents is 1. The number of carbonyl (C=O) groups is 1. The van der Waals surface area contributed by atoms with Crippen LogP contribution in [0.4, 0.5) is 11.4 Å². The maximum absolute atomic E-state index is 11.6. The predicted octanol–water partition coefficient (Wildman–Crippen LogP) is 2.62. The van der Waals surface area contributed by atoms with E-state index in [1.807, 2.05) is 0 Å². The highest BCUT2D eigenvalue weighted by molar-refractivity contribution is 9.11. The molecule has 98 valence electrons. The maximum atomic E-state index is 11.6. The number of nitrogens with one attached hydrogen (secondary N) is 1. The first-order valence-electron chi connectivity index (χ1n) is 4.89. The summed E-state index contributed by atoms with van der Waals surface area (Å²) in [6.45, 7) is 0.232. The average Bonchev–Trinajstić information content (AvgIpc) is 2.21. The van der Waals surface area contributed by atoms with E-state index in [-0.39, 0.29) is 18.1 Å². The molecular formula is C10H11Br2N3O3. The fourth-order valence-electron chi connectivity index (χ4n) is 1.25. The van der Waals surface area contributed by atoms with E-state index >= 15 is 0 Å². The Morgan fingerprint density at radius 1 is 1.39 bits per heavy atom. The van der Waals surface area contributed by atoms with Gasteiger partial charge in [0.15, 0.2) is 0 Å². The van der Waals surface area contributed by atoms with E-state index in [1.54, 1.807) is 19.0 Å². The summed E-state index contributed by atoms with van der Waals surface area (Å²) < 4.78 is 0.909. The standard InChI is InChI=1S/C10H11Br2N3O3/c1-14(2)5-9(16)13-10-7(11)3-6(15(17)18)4-8(10)12/h3-4H,5H2,1-2H3,(H,13,16). The number of nitro groups is 1. The van der Waals surface area contributed by atoms with Crippen LogP contribution in [0.5, 0.6) is 0 Å². The molecule has 0 heterocycles. The van der Waals surface area contributed by atoms with Crippen LogP contribution in [-0.2, 0) is 4.79 Å².